The molecule has 300 valence electrons. The molecule has 0 bridgehead atoms. The van der Waals surface area contributed by atoms with Crippen LogP contribution in [-0.2, 0) is 25.1 Å². The van der Waals surface area contributed by atoms with Gasteiger partial charge in [-0.3, -0.25) is 4.79 Å². The Morgan fingerprint density at radius 2 is 1.80 bits per heavy atom. The summed E-state index contributed by atoms with van der Waals surface area (Å²) in [4.78, 5) is 49.6. The van der Waals surface area contributed by atoms with Crippen molar-refractivity contribution in [2.45, 2.75) is 123 Å². The van der Waals surface area contributed by atoms with Crippen LogP contribution in [0.2, 0.25) is 23.2 Å². The first kappa shape index (κ1) is 42.8. The molecule has 0 saturated heterocycles. The molecule has 2 unspecified atom stereocenters. The number of ether oxygens (including phenoxy) is 2. The van der Waals surface area contributed by atoms with E-state index in [1.54, 1.807) is 27.0 Å². The second-order valence-electron chi connectivity index (χ2n) is 17.7. The molecule has 0 spiro atoms. The first-order valence-electron chi connectivity index (χ1n) is 19.1. The van der Waals surface area contributed by atoms with Crippen molar-refractivity contribution in [2.24, 2.45) is 17.8 Å². The number of aromatic nitrogens is 2. The average molecular weight is 814 g/mol. The number of fused-ring (bicyclic) bond motifs is 1. The number of thiophene rings is 1. The number of rotatable bonds is 13. The maximum absolute atomic E-state index is 14.2. The lowest BCUT2D eigenvalue weighted by Gasteiger charge is -2.38. The second-order valence-corrected chi connectivity index (χ2v) is 24.2. The number of aryl methyl sites for hydroxylation is 1. The quantitative estimate of drug-likeness (QED) is 0.113. The van der Waals surface area contributed by atoms with Crippen molar-refractivity contribution in [3.05, 3.63) is 73.8 Å². The molecule has 1 saturated carbocycles. The number of alkyl carbamates (subject to hydrolysis) is 1. The molecule has 3 N–H and O–H groups in total. The van der Waals surface area contributed by atoms with E-state index in [9.17, 15) is 19.5 Å². The number of amides is 1. The van der Waals surface area contributed by atoms with Crippen LogP contribution in [0.1, 0.15) is 111 Å². The smallest absolute Gasteiger partial charge is 0.408 e. The molecule has 1 aliphatic heterocycles. The molecule has 14 heteroatoms. The molecule has 6 atom stereocenters. The third-order valence-corrected chi connectivity index (χ3v) is 17.1. The fourth-order valence-corrected chi connectivity index (χ4v) is 9.57. The Balaban J connectivity index is 1.36. The molecule has 2 aliphatic rings. The van der Waals surface area contributed by atoms with Gasteiger partial charge in [-0.1, -0.05) is 45.4 Å². The lowest BCUT2D eigenvalue weighted by molar-refractivity contribution is -0.141. The molecule has 3 heterocycles. The van der Waals surface area contributed by atoms with Crippen molar-refractivity contribution in [3.8, 4) is 0 Å². The van der Waals surface area contributed by atoms with E-state index in [0.29, 0.717) is 47.3 Å². The fourth-order valence-electron chi connectivity index (χ4n) is 7.33. The predicted octanol–water partition coefficient (Wildman–Crippen LogP) is 9.23. The highest BCUT2D eigenvalue weighted by atomic mass is 35.5. The Hall–Kier alpha value is -3.36. The lowest BCUT2D eigenvalue weighted by atomic mass is 9.84. The molecular formula is C41H57ClN4O7SSi. The zero-order valence-corrected chi connectivity index (χ0v) is 36.3. The number of benzene rings is 1. The van der Waals surface area contributed by atoms with Gasteiger partial charge in [-0.05, 0) is 124 Å². The molecule has 3 aromatic rings. The van der Waals surface area contributed by atoms with Crippen LogP contribution in [0.3, 0.4) is 0 Å². The van der Waals surface area contributed by atoms with Crippen LogP contribution in [0.5, 0.6) is 0 Å². The number of carbonyl (C=O) groups is 3. The van der Waals surface area contributed by atoms with Gasteiger partial charge in [-0.2, -0.15) is 0 Å². The van der Waals surface area contributed by atoms with Gasteiger partial charge in [0.2, 0.25) is 5.78 Å². The Morgan fingerprint density at radius 1 is 1.09 bits per heavy atom. The van der Waals surface area contributed by atoms with Gasteiger partial charge < -0.3 is 29.6 Å². The number of anilines is 1. The molecule has 1 amide bonds. The van der Waals surface area contributed by atoms with Gasteiger partial charge in [0.1, 0.15) is 29.9 Å². The van der Waals surface area contributed by atoms with Crippen molar-refractivity contribution in [1.29, 1.82) is 0 Å². The Labute approximate surface area is 335 Å². The van der Waals surface area contributed by atoms with Crippen molar-refractivity contribution in [2.75, 3.05) is 18.5 Å². The zero-order chi connectivity index (χ0) is 40.5. The van der Waals surface area contributed by atoms with Crippen LogP contribution in [0.15, 0.2) is 36.8 Å². The van der Waals surface area contributed by atoms with Gasteiger partial charge in [0.05, 0.1) is 17.0 Å². The number of ketones is 1. The zero-order valence-electron chi connectivity index (χ0n) is 33.7. The van der Waals surface area contributed by atoms with Crippen LogP contribution >= 0.6 is 22.9 Å². The minimum atomic E-state index is -2.09. The molecule has 55 heavy (non-hydrogen) atoms. The standard InChI is InChI=1S/C41H57ClN4O7SSi/c1-23(34(38(48)49)46-39(50)53-40(3,4)5)15-26-16-29(17-27(26)21-52-55(9,10)41(6,7)8)45-37-32(20-43-22-44-37)35(47)33-19-30(24(2)54-33)36-31-18-28(42)12-11-25(31)13-14-51-36/h11-12,18-20,22-23,26-27,29,34,36H,13-17,21H2,1-10H3,(H,46,50)(H,48,49)(H,43,44,45)/t23?,26-,27?,29+,34-,36-/m0/s1. The molecule has 1 aromatic carbocycles. The van der Waals surface area contributed by atoms with E-state index in [1.807, 2.05) is 38.1 Å². The minimum Gasteiger partial charge on any atom is -0.480 e. The van der Waals surface area contributed by atoms with E-state index in [-0.39, 0.29) is 34.8 Å². The van der Waals surface area contributed by atoms with E-state index in [1.165, 1.54) is 23.2 Å². The van der Waals surface area contributed by atoms with E-state index in [2.05, 4.69) is 54.5 Å². The molecule has 11 nitrogen and oxygen atoms in total. The highest BCUT2D eigenvalue weighted by Gasteiger charge is 2.42. The van der Waals surface area contributed by atoms with Crippen molar-refractivity contribution in [3.63, 3.8) is 0 Å². The molecular weight excluding hydrogens is 756 g/mol. The number of nitrogens with zero attached hydrogens (tertiary/aromatic N) is 2. The summed E-state index contributed by atoms with van der Waals surface area (Å²) in [5.41, 5.74) is 2.78. The summed E-state index contributed by atoms with van der Waals surface area (Å²) in [7, 11) is -2.09. The van der Waals surface area contributed by atoms with E-state index in [0.717, 1.165) is 28.8 Å². The summed E-state index contributed by atoms with van der Waals surface area (Å²) in [6.07, 6.45) is 4.72. The van der Waals surface area contributed by atoms with Crippen molar-refractivity contribution in [1.82, 2.24) is 15.3 Å². The summed E-state index contributed by atoms with van der Waals surface area (Å²) in [5.74, 6) is -1.04. The van der Waals surface area contributed by atoms with Gasteiger partial charge in [0.25, 0.3) is 0 Å². The third kappa shape index (κ3) is 10.5. The molecule has 1 fully saturated rings. The second kappa shape index (κ2) is 17.0. The normalized spacial score (nSPS) is 21.4. The van der Waals surface area contributed by atoms with Crippen molar-refractivity contribution < 1.29 is 33.4 Å². The Bertz CT molecular complexity index is 1870. The average Bonchev–Trinajstić information content (AvgIpc) is 3.66. The largest absolute Gasteiger partial charge is 0.480 e. The minimum absolute atomic E-state index is 0.0214. The third-order valence-electron chi connectivity index (χ3n) is 11.3. The number of hydrogen-bond acceptors (Lipinski definition) is 10. The highest BCUT2D eigenvalue weighted by Crippen LogP contribution is 2.43. The van der Waals surface area contributed by atoms with E-state index in [4.69, 9.17) is 25.5 Å². The van der Waals surface area contributed by atoms with Gasteiger partial charge >= 0.3 is 12.1 Å². The number of halogens is 1. The summed E-state index contributed by atoms with van der Waals surface area (Å²) in [5, 5.41) is 17.0. The number of carboxylic acid groups (broad SMARTS) is 1. The molecule has 2 aromatic heterocycles. The summed E-state index contributed by atoms with van der Waals surface area (Å²) < 4.78 is 18.4. The predicted molar refractivity (Wildman–Crippen MR) is 219 cm³/mol. The maximum atomic E-state index is 14.2. The van der Waals surface area contributed by atoms with Gasteiger partial charge in [-0.25, -0.2) is 19.6 Å². The van der Waals surface area contributed by atoms with Crippen LogP contribution in [0.25, 0.3) is 0 Å². The molecule has 0 radical (unpaired) electrons. The van der Waals surface area contributed by atoms with Gasteiger partial charge in [-0.15, -0.1) is 11.3 Å². The van der Waals surface area contributed by atoms with Crippen LogP contribution < -0.4 is 10.6 Å². The fraction of sp³-hybridized carbons (Fsp3) is 0.585. The van der Waals surface area contributed by atoms with Crippen LogP contribution in [0.4, 0.5) is 10.6 Å². The molecule has 5 rings (SSSR count). The molecule has 1 aliphatic carbocycles. The summed E-state index contributed by atoms with van der Waals surface area (Å²) >= 11 is 7.80. The maximum Gasteiger partial charge on any atom is 0.408 e. The first-order valence-corrected chi connectivity index (χ1v) is 23.2. The highest BCUT2D eigenvalue weighted by molar-refractivity contribution is 7.14. The van der Waals surface area contributed by atoms with Crippen LogP contribution in [-0.4, -0.2) is 72.1 Å². The Kier molecular flexibility index (Phi) is 13.2. The number of carboxylic acids is 1. The van der Waals surface area contributed by atoms with E-state index < -0.39 is 37.9 Å². The SMILES string of the molecule is Cc1sc(C(=O)c2cncnc2N[C@H]2CC(CO[Si](C)(C)C(C)(C)C)[C@@H](CC(C)[C@H](NC(=O)OC(C)(C)C)C(=O)O)C2)cc1[C@@H]1OCCc2ccc(Cl)cc21. The van der Waals surface area contributed by atoms with E-state index >= 15 is 0 Å². The lowest BCUT2D eigenvalue weighted by Crippen LogP contribution is -2.47. The number of hydrogen-bond donors (Lipinski definition) is 3. The summed E-state index contributed by atoms with van der Waals surface area (Å²) in [6, 6.07) is 6.63. The van der Waals surface area contributed by atoms with Gasteiger partial charge in [0, 0.05) is 28.7 Å². The van der Waals surface area contributed by atoms with Crippen LogP contribution in [0, 0.1) is 24.7 Å². The van der Waals surface area contributed by atoms with Crippen molar-refractivity contribution >= 4 is 54.9 Å². The first-order chi connectivity index (χ1) is 25.6. The topological polar surface area (TPSA) is 149 Å². The van der Waals surface area contributed by atoms with Gasteiger partial charge in [0.15, 0.2) is 8.32 Å². The number of nitrogens with one attached hydrogen (secondary N) is 2. The Morgan fingerprint density at radius 3 is 2.47 bits per heavy atom. The number of aliphatic carboxylic acids is 1. The summed E-state index contributed by atoms with van der Waals surface area (Å²) in [6.45, 7) is 21.3. The number of carbonyl (C=O) groups excluding carboxylic acids is 2. The monoisotopic (exact) mass is 812 g/mol.